The van der Waals surface area contributed by atoms with Crippen LogP contribution in [0.1, 0.15) is 58.8 Å². The molecule has 0 radical (unpaired) electrons. The van der Waals surface area contributed by atoms with Gasteiger partial charge < -0.3 is 5.11 Å². The fraction of sp³-hybridized carbons (Fsp3) is 0.842. The van der Waals surface area contributed by atoms with Crippen LogP contribution in [-0.2, 0) is 4.79 Å². The molecular weight excluding hydrogens is 340 g/mol. The van der Waals surface area contributed by atoms with Crippen molar-refractivity contribution in [3.05, 3.63) is 11.6 Å². The summed E-state index contributed by atoms with van der Waals surface area (Å²) in [6, 6.07) is 0. The van der Waals surface area contributed by atoms with E-state index in [2.05, 4.69) is 35.9 Å². The number of fused-ring (bicyclic) bond motifs is 5. The van der Waals surface area contributed by atoms with Crippen LogP contribution < -0.4 is 0 Å². The van der Waals surface area contributed by atoms with Crippen molar-refractivity contribution in [2.45, 2.75) is 69.7 Å². The van der Waals surface area contributed by atoms with E-state index in [1.807, 2.05) is 0 Å². The van der Waals surface area contributed by atoms with Gasteiger partial charge in [0.25, 0.3) is 0 Å². The molecule has 4 aliphatic carbocycles. The first kappa shape index (κ1) is 15.4. The first-order chi connectivity index (χ1) is 10.4. The van der Waals surface area contributed by atoms with Gasteiger partial charge in [-0.1, -0.05) is 41.4 Å². The monoisotopic (exact) mass is 366 g/mol. The maximum absolute atomic E-state index is 12.6. The third-order valence-electron chi connectivity index (χ3n) is 7.78. The van der Waals surface area contributed by atoms with Crippen LogP contribution in [0.4, 0.5) is 0 Å². The van der Waals surface area contributed by atoms with E-state index in [1.54, 1.807) is 0 Å². The first-order valence-corrected chi connectivity index (χ1v) is 9.84. The average molecular weight is 367 g/mol. The van der Waals surface area contributed by atoms with Gasteiger partial charge in [-0.2, -0.15) is 0 Å². The highest BCUT2D eigenvalue weighted by molar-refractivity contribution is 9.10. The highest BCUT2D eigenvalue weighted by Crippen LogP contribution is 2.64. The van der Waals surface area contributed by atoms with Crippen LogP contribution in [0.3, 0.4) is 0 Å². The van der Waals surface area contributed by atoms with Gasteiger partial charge in [-0.3, -0.25) is 4.79 Å². The second-order valence-electron chi connectivity index (χ2n) is 8.68. The number of hydrogen-bond acceptors (Lipinski definition) is 2. The van der Waals surface area contributed by atoms with Crippen LogP contribution in [0.5, 0.6) is 0 Å². The Balaban J connectivity index is 1.70. The Morgan fingerprint density at radius 3 is 2.68 bits per heavy atom. The van der Waals surface area contributed by atoms with Crippen LogP contribution in [0.25, 0.3) is 0 Å². The molecule has 0 aromatic heterocycles. The Labute approximate surface area is 141 Å². The van der Waals surface area contributed by atoms with Gasteiger partial charge in [0.05, 0.1) is 10.9 Å². The summed E-state index contributed by atoms with van der Waals surface area (Å²) in [6.45, 7) is 4.66. The number of ketones is 1. The average Bonchev–Trinajstić information content (AvgIpc) is 2.72. The summed E-state index contributed by atoms with van der Waals surface area (Å²) in [7, 11) is 0. The molecule has 0 aromatic rings. The maximum atomic E-state index is 12.6. The van der Waals surface area contributed by atoms with Crippen LogP contribution in [-0.4, -0.2) is 21.8 Å². The summed E-state index contributed by atoms with van der Waals surface area (Å²) in [6.07, 6.45) is 9.63. The number of halogens is 1. The summed E-state index contributed by atoms with van der Waals surface area (Å²) in [5, 5.41) is 10.0. The molecule has 0 saturated heterocycles. The lowest BCUT2D eigenvalue weighted by Crippen LogP contribution is -2.50. The smallest absolute Gasteiger partial charge is 0.152 e. The van der Waals surface area contributed by atoms with Crippen LogP contribution in [0.2, 0.25) is 0 Å². The minimum absolute atomic E-state index is 0.0765. The van der Waals surface area contributed by atoms with Gasteiger partial charge in [-0.05, 0) is 68.1 Å². The number of rotatable bonds is 0. The molecule has 7 atom stereocenters. The minimum Gasteiger partial charge on any atom is -0.393 e. The summed E-state index contributed by atoms with van der Waals surface area (Å²) < 4.78 is 0. The lowest BCUT2D eigenvalue weighted by Gasteiger charge is -2.56. The number of aliphatic hydroxyl groups is 1. The molecule has 22 heavy (non-hydrogen) atoms. The molecule has 0 aliphatic heterocycles. The van der Waals surface area contributed by atoms with Crippen molar-refractivity contribution in [2.24, 2.45) is 28.6 Å². The number of Topliss-reactive ketones (excluding diaryl/α,β-unsaturated/α-hetero) is 1. The fourth-order valence-electron chi connectivity index (χ4n) is 6.39. The summed E-state index contributed by atoms with van der Waals surface area (Å²) in [5.41, 5.74) is 1.69. The van der Waals surface area contributed by atoms with Gasteiger partial charge in [-0.25, -0.2) is 0 Å². The highest BCUT2D eigenvalue weighted by atomic mass is 79.9. The van der Waals surface area contributed by atoms with E-state index in [0.29, 0.717) is 23.5 Å². The van der Waals surface area contributed by atoms with E-state index < -0.39 is 0 Å². The van der Waals surface area contributed by atoms with Crippen molar-refractivity contribution < 1.29 is 9.90 Å². The standard InChI is InChI=1S/C19H27BrO2/c1-18-7-5-12(21)9-11(18)3-4-13-14(18)6-8-19(2)15(13)10-16(20)17(19)22/h3,12-16,21H,4-10H2,1-2H3/t12-,13+,14+,15-,16+,18-,19-/m0/s1. The number of aliphatic hydroxyl groups excluding tert-OH is 1. The Morgan fingerprint density at radius 2 is 1.91 bits per heavy atom. The molecule has 4 rings (SSSR count). The van der Waals surface area contributed by atoms with Crippen LogP contribution in [0.15, 0.2) is 11.6 Å². The number of carbonyl (C=O) groups is 1. The van der Waals surface area contributed by atoms with Crippen molar-refractivity contribution in [2.75, 3.05) is 0 Å². The summed E-state index contributed by atoms with van der Waals surface area (Å²) >= 11 is 3.64. The van der Waals surface area contributed by atoms with E-state index in [-0.39, 0.29) is 21.8 Å². The van der Waals surface area contributed by atoms with Gasteiger partial charge >= 0.3 is 0 Å². The van der Waals surface area contributed by atoms with Gasteiger partial charge in [0.1, 0.15) is 0 Å². The van der Waals surface area contributed by atoms with Crippen LogP contribution >= 0.6 is 15.9 Å². The van der Waals surface area contributed by atoms with Crippen molar-refractivity contribution in [1.29, 1.82) is 0 Å². The maximum Gasteiger partial charge on any atom is 0.152 e. The lowest BCUT2D eigenvalue weighted by atomic mass is 9.48. The second kappa shape index (κ2) is 4.92. The Bertz CT molecular complexity index is 542. The normalized spacial score (nSPS) is 54.3. The van der Waals surface area contributed by atoms with Gasteiger partial charge in [0, 0.05) is 5.41 Å². The zero-order valence-electron chi connectivity index (χ0n) is 13.6. The van der Waals surface area contributed by atoms with Gasteiger partial charge in [-0.15, -0.1) is 0 Å². The Morgan fingerprint density at radius 1 is 1.18 bits per heavy atom. The Hall–Kier alpha value is -0.150. The van der Waals surface area contributed by atoms with E-state index >= 15 is 0 Å². The van der Waals surface area contributed by atoms with Crippen molar-refractivity contribution in [1.82, 2.24) is 0 Å². The van der Waals surface area contributed by atoms with Crippen molar-refractivity contribution >= 4 is 21.7 Å². The number of allylic oxidation sites excluding steroid dienone is 1. The van der Waals surface area contributed by atoms with Gasteiger partial charge in [0.2, 0.25) is 0 Å². The highest BCUT2D eigenvalue weighted by Gasteiger charge is 2.60. The molecule has 2 nitrogen and oxygen atoms in total. The van der Waals surface area contributed by atoms with E-state index in [4.69, 9.17) is 0 Å². The van der Waals surface area contributed by atoms with E-state index in [0.717, 1.165) is 38.5 Å². The minimum atomic E-state index is -0.135. The molecule has 0 aromatic carbocycles. The Kier molecular flexibility index (Phi) is 3.44. The number of alkyl halides is 1. The second-order valence-corrected chi connectivity index (χ2v) is 9.78. The molecule has 122 valence electrons. The molecule has 1 N–H and O–H groups in total. The molecule has 3 heteroatoms. The SMILES string of the molecule is C[C@]12CC[C@H](O)CC1=CC[C@@H]1[C@H]2CC[C@]2(C)C(=O)[C@H](Br)C[C@@H]12. The molecule has 3 fully saturated rings. The molecule has 0 spiro atoms. The third kappa shape index (κ3) is 1.90. The number of carbonyl (C=O) groups excluding carboxylic acids is 1. The van der Waals surface area contributed by atoms with Gasteiger partial charge in [0.15, 0.2) is 5.78 Å². The predicted molar refractivity (Wildman–Crippen MR) is 90.8 cm³/mol. The van der Waals surface area contributed by atoms with Crippen LogP contribution in [0, 0.1) is 28.6 Å². The van der Waals surface area contributed by atoms with Crippen molar-refractivity contribution in [3.63, 3.8) is 0 Å². The van der Waals surface area contributed by atoms with Crippen molar-refractivity contribution in [3.8, 4) is 0 Å². The zero-order chi connectivity index (χ0) is 15.7. The fourth-order valence-corrected chi connectivity index (χ4v) is 7.32. The molecule has 0 unspecified atom stereocenters. The largest absolute Gasteiger partial charge is 0.393 e. The quantitative estimate of drug-likeness (QED) is 0.513. The molecule has 3 saturated carbocycles. The summed E-state index contributed by atoms with van der Waals surface area (Å²) in [5.74, 6) is 2.37. The molecule has 0 bridgehead atoms. The molecular formula is C19H27BrO2. The lowest BCUT2D eigenvalue weighted by molar-refractivity contribution is -0.131. The molecule has 4 aliphatic rings. The first-order valence-electron chi connectivity index (χ1n) is 8.92. The zero-order valence-corrected chi connectivity index (χ0v) is 15.2. The molecule has 0 amide bonds. The number of hydrogen-bond donors (Lipinski definition) is 1. The summed E-state index contributed by atoms with van der Waals surface area (Å²) in [4.78, 5) is 12.7. The topological polar surface area (TPSA) is 37.3 Å². The predicted octanol–water partition coefficient (Wildman–Crippen LogP) is 4.25. The van der Waals surface area contributed by atoms with E-state index in [1.165, 1.54) is 12.0 Å². The van der Waals surface area contributed by atoms with E-state index in [9.17, 15) is 9.90 Å². The third-order valence-corrected chi connectivity index (χ3v) is 8.57. The molecule has 0 heterocycles.